The lowest BCUT2D eigenvalue weighted by Crippen LogP contribution is -2.42. The van der Waals surface area contributed by atoms with Crippen molar-refractivity contribution >= 4 is 35.2 Å². The molecule has 0 atom stereocenters. The fourth-order valence-electron chi connectivity index (χ4n) is 4.36. The van der Waals surface area contributed by atoms with Gasteiger partial charge in [0.15, 0.2) is 0 Å². The van der Waals surface area contributed by atoms with Gasteiger partial charge in [-0.2, -0.15) is 0 Å². The maximum Gasteiger partial charge on any atom is 0.410 e. The predicted molar refractivity (Wildman–Crippen MR) is 158 cm³/mol. The lowest BCUT2D eigenvalue weighted by molar-refractivity contribution is 0.0206. The molecule has 3 aromatic rings. The number of urea groups is 1. The summed E-state index contributed by atoms with van der Waals surface area (Å²) in [6.45, 7) is 6.65. The normalized spacial score (nSPS) is 15.3. The molecule has 3 aromatic heterocycles. The van der Waals surface area contributed by atoms with Crippen molar-refractivity contribution in [3.63, 3.8) is 0 Å². The Balaban J connectivity index is 1.41. The molecule has 4 N–H and O–H groups in total. The first kappa shape index (κ1) is 30.4. The Morgan fingerprint density at radius 3 is 2.57 bits per heavy atom. The highest BCUT2D eigenvalue weighted by molar-refractivity contribution is 6.10. The molecule has 0 aromatic carbocycles. The average Bonchev–Trinajstić information content (AvgIpc) is 3.35. The summed E-state index contributed by atoms with van der Waals surface area (Å²) < 4.78 is 33.4. The Morgan fingerprint density at radius 2 is 1.90 bits per heavy atom. The van der Waals surface area contributed by atoms with Gasteiger partial charge in [0.25, 0.3) is 5.92 Å². The Morgan fingerprint density at radius 1 is 1.17 bits per heavy atom. The minimum absolute atomic E-state index is 0.0642. The van der Waals surface area contributed by atoms with Crippen LogP contribution in [0.25, 0.3) is 22.5 Å². The van der Waals surface area contributed by atoms with Crippen LogP contribution in [0.4, 0.5) is 24.1 Å². The van der Waals surface area contributed by atoms with Crippen molar-refractivity contribution in [2.75, 3.05) is 25.0 Å². The zero-order valence-electron chi connectivity index (χ0n) is 24.1. The molecule has 0 unspecified atom stereocenters. The summed E-state index contributed by atoms with van der Waals surface area (Å²) in [5.41, 5.74) is 9.36. The number of hydrogen-bond donors (Lipinski definition) is 3. The van der Waals surface area contributed by atoms with E-state index in [0.717, 1.165) is 36.6 Å². The van der Waals surface area contributed by atoms with Gasteiger partial charge in [-0.25, -0.2) is 23.4 Å². The molecule has 0 aliphatic carbocycles. The summed E-state index contributed by atoms with van der Waals surface area (Å²) in [6.07, 6.45) is 11.0. The molecule has 3 amide bonds. The van der Waals surface area contributed by atoms with E-state index in [4.69, 9.17) is 15.5 Å². The van der Waals surface area contributed by atoms with Crippen LogP contribution in [-0.2, 0) is 4.74 Å². The van der Waals surface area contributed by atoms with Gasteiger partial charge in [-0.15, -0.1) is 0 Å². The molecule has 1 aliphatic rings. The summed E-state index contributed by atoms with van der Waals surface area (Å²) in [5.74, 6) is -3.02. The minimum Gasteiger partial charge on any atom is -0.444 e. The molecule has 1 fully saturated rings. The number of nitrogens with two attached hydrogens (primary N) is 1. The van der Waals surface area contributed by atoms with Crippen LogP contribution in [0.2, 0.25) is 0 Å². The van der Waals surface area contributed by atoms with Crippen molar-refractivity contribution in [3.8, 4) is 11.3 Å². The van der Waals surface area contributed by atoms with E-state index in [1.165, 1.54) is 12.4 Å². The number of hydrogen-bond acceptors (Lipinski definition) is 7. The largest absolute Gasteiger partial charge is 0.444 e. The fourth-order valence-corrected chi connectivity index (χ4v) is 4.36. The van der Waals surface area contributed by atoms with Crippen LogP contribution >= 0.6 is 0 Å². The number of piperidine rings is 1. The van der Waals surface area contributed by atoms with Crippen molar-refractivity contribution in [3.05, 3.63) is 54.7 Å². The number of carbonyl (C=O) groups excluding carboxylic acids is 2. The third-order valence-corrected chi connectivity index (χ3v) is 6.42. The number of allylic oxidation sites excluding steroid dienone is 1. The Labute approximate surface area is 242 Å². The van der Waals surface area contributed by atoms with Crippen molar-refractivity contribution < 1.29 is 23.1 Å². The van der Waals surface area contributed by atoms with E-state index in [0.29, 0.717) is 30.0 Å². The zero-order valence-corrected chi connectivity index (χ0v) is 24.1. The van der Waals surface area contributed by atoms with Gasteiger partial charge in [-0.05, 0) is 57.4 Å². The summed E-state index contributed by atoms with van der Waals surface area (Å²) in [5, 5.41) is 4.65. The number of nitrogens with zero attached hydrogens (tertiary/aromatic N) is 5. The average molecular weight is 583 g/mol. The molecular formula is C29H36F2N8O3. The number of pyridine rings is 2. The summed E-state index contributed by atoms with van der Waals surface area (Å²) in [4.78, 5) is 39.4. The molecule has 1 saturated heterocycles. The maximum absolute atomic E-state index is 13.0. The van der Waals surface area contributed by atoms with Gasteiger partial charge >= 0.3 is 12.1 Å². The van der Waals surface area contributed by atoms with Crippen LogP contribution in [0.3, 0.4) is 0 Å². The van der Waals surface area contributed by atoms with Gasteiger partial charge in [-0.1, -0.05) is 0 Å². The number of aliphatic imine (C=N–C) groups is 1. The molecule has 0 radical (unpaired) electrons. The molecule has 0 bridgehead atoms. The maximum atomic E-state index is 13.0. The molecule has 224 valence electrons. The molecule has 0 spiro atoms. The quantitative estimate of drug-likeness (QED) is 0.337. The van der Waals surface area contributed by atoms with Crippen LogP contribution in [0.5, 0.6) is 0 Å². The standard InChI is InChI=1S/C29H36F2N8O3/c1-28(2,3)42-27(41)38-8-6-22(7-9-38)34-15-21(13-32)19-5-10-39-24(17-35-25(39)12-19)20-11-23(16-33-14-20)37-26(40)36-18-29(4,30)31/h5,10-17,22H,6-9,18,32H2,1-4H3,(H2,36,37,40). The number of nitrogens with one attached hydrogen (secondary N) is 2. The first-order chi connectivity index (χ1) is 19.8. The van der Waals surface area contributed by atoms with Crippen molar-refractivity contribution in [2.24, 2.45) is 10.7 Å². The lowest BCUT2D eigenvalue weighted by Gasteiger charge is -2.32. The number of carbonyl (C=O) groups is 2. The number of amides is 3. The predicted octanol–water partition coefficient (Wildman–Crippen LogP) is 4.94. The summed E-state index contributed by atoms with van der Waals surface area (Å²) in [6, 6.07) is 4.76. The molecule has 42 heavy (non-hydrogen) atoms. The highest BCUT2D eigenvalue weighted by atomic mass is 19.3. The number of fused-ring (bicyclic) bond motifs is 1. The van der Waals surface area contributed by atoms with E-state index in [2.05, 4.69) is 20.6 Å². The van der Waals surface area contributed by atoms with Gasteiger partial charge in [0.1, 0.15) is 11.2 Å². The summed E-state index contributed by atoms with van der Waals surface area (Å²) in [7, 11) is 0. The highest BCUT2D eigenvalue weighted by Crippen LogP contribution is 2.25. The molecule has 0 saturated carbocycles. The van der Waals surface area contributed by atoms with Crippen LogP contribution in [0, 0.1) is 0 Å². The Bertz CT molecular complexity index is 1480. The van der Waals surface area contributed by atoms with E-state index < -0.39 is 24.1 Å². The van der Waals surface area contributed by atoms with Crippen molar-refractivity contribution in [1.82, 2.24) is 24.6 Å². The van der Waals surface area contributed by atoms with Gasteiger partial charge in [-0.3, -0.25) is 14.4 Å². The van der Waals surface area contributed by atoms with Gasteiger partial charge in [0.05, 0.1) is 36.4 Å². The molecule has 1 aliphatic heterocycles. The van der Waals surface area contributed by atoms with E-state index in [1.54, 1.807) is 29.6 Å². The molecular weight excluding hydrogens is 546 g/mol. The Hall–Kier alpha value is -4.55. The van der Waals surface area contributed by atoms with E-state index in [-0.39, 0.29) is 12.1 Å². The lowest BCUT2D eigenvalue weighted by atomic mass is 10.1. The van der Waals surface area contributed by atoms with E-state index >= 15 is 0 Å². The molecule has 13 heteroatoms. The number of likely N-dealkylation sites (tertiary alicyclic amines) is 1. The van der Waals surface area contributed by atoms with Crippen LogP contribution in [0.15, 0.2) is 54.2 Å². The smallest absolute Gasteiger partial charge is 0.410 e. The number of alkyl halides is 2. The van der Waals surface area contributed by atoms with Gasteiger partial charge in [0, 0.05) is 56.0 Å². The third kappa shape index (κ3) is 8.24. The van der Waals surface area contributed by atoms with E-state index in [1.807, 2.05) is 43.5 Å². The van der Waals surface area contributed by atoms with Gasteiger partial charge < -0.3 is 26.0 Å². The SMILES string of the molecule is CC(F)(F)CNC(=O)Nc1cncc(-c2cnc3cc(C(C=NC4CCN(C(=O)OC(C)(C)C)CC4)=CN)ccn23)c1. The van der Waals surface area contributed by atoms with E-state index in [9.17, 15) is 18.4 Å². The third-order valence-electron chi connectivity index (χ3n) is 6.42. The number of halogens is 2. The number of aromatic nitrogens is 3. The first-order valence-electron chi connectivity index (χ1n) is 13.6. The number of anilines is 1. The number of rotatable bonds is 7. The second-order valence-corrected chi connectivity index (χ2v) is 11.2. The molecule has 4 heterocycles. The van der Waals surface area contributed by atoms with Crippen LogP contribution in [-0.4, -0.2) is 74.8 Å². The second kappa shape index (κ2) is 12.5. The first-order valence-corrected chi connectivity index (χ1v) is 13.6. The van der Waals surface area contributed by atoms with Gasteiger partial charge in [0.2, 0.25) is 0 Å². The highest BCUT2D eigenvalue weighted by Gasteiger charge is 2.26. The monoisotopic (exact) mass is 582 g/mol. The number of imidazole rings is 1. The topological polar surface area (TPSA) is 139 Å². The summed E-state index contributed by atoms with van der Waals surface area (Å²) >= 11 is 0. The molecule has 4 rings (SSSR count). The van der Waals surface area contributed by atoms with Crippen molar-refractivity contribution in [1.29, 1.82) is 0 Å². The zero-order chi connectivity index (χ0) is 30.5. The minimum atomic E-state index is -3.02. The van der Waals surface area contributed by atoms with Crippen LogP contribution < -0.4 is 16.4 Å². The number of ether oxygens (including phenoxy) is 1. The Kier molecular flexibility index (Phi) is 9.08. The van der Waals surface area contributed by atoms with Crippen molar-refractivity contribution in [2.45, 2.75) is 58.1 Å². The second-order valence-electron chi connectivity index (χ2n) is 11.2. The van der Waals surface area contributed by atoms with Crippen LogP contribution in [0.1, 0.15) is 46.1 Å². The fraction of sp³-hybridized carbons (Fsp3) is 0.414. The molecule has 11 nitrogen and oxygen atoms in total.